The molecule has 1 heterocycles. The predicted octanol–water partition coefficient (Wildman–Crippen LogP) is 2.36. The predicted molar refractivity (Wildman–Crippen MR) is 69.3 cm³/mol. The van der Waals surface area contributed by atoms with Gasteiger partial charge in [-0.15, -0.1) is 5.10 Å². The smallest absolute Gasteiger partial charge is 0.173 e. The largest absolute Gasteiger partial charge is 0.311 e. The molecule has 0 aliphatic carbocycles. The third kappa shape index (κ3) is 2.48. The average molecular weight is 317 g/mol. The number of aromatic nitrogens is 4. The summed E-state index contributed by atoms with van der Waals surface area (Å²) in [6, 6.07) is 5.60. The van der Waals surface area contributed by atoms with E-state index in [1.165, 1.54) is 0 Å². The molecule has 0 fully saturated rings. The van der Waals surface area contributed by atoms with E-state index in [0.717, 1.165) is 10.2 Å². The fourth-order valence-electron chi connectivity index (χ4n) is 1.41. The number of hydrogen-bond donors (Lipinski definition) is 1. The maximum atomic E-state index is 6.15. The second-order valence-corrected chi connectivity index (χ2v) is 4.88. The molecule has 1 aromatic heterocycles. The highest BCUT2D eigenvalue weighted by Crippen LogP contribution is 2.25. The zero-order valence-electron chi connectivity index (χ0n) is 9.35. The van der Waals surface area contributed by atoms with Crippen molar-refractivity contribution < 1.29 is 0 Å². The fourth-order valence-corrected chi connectivity index (χ4v) is 1.96. The van der Waals surface area contributed by atoms with Crippen molar-refractivity contribution in [1.82, 2.24) is 25.5 Å². The lowest BCUT2D eigenvalue weighted by Crippen LogP contribution is -2.18. The first-order valence-corrected chi connectivity index (χ1v) is 6.21. The quantitative estimate of drug-likeness (QED) is 0.944. The van der Waals surface area contributed by atoms with E-state index in [2.05, 4.69) is 36.8 Å². The van der Waals surface area contributed by atoms with Crippen LogP contribution in [0.3, 0.4) is 0 Å². The van der Waals surface area contributed by atoms with Gasteiger partial charge in [-0.2, -0.15) is 4.68 Å². The van der Waals surface area contributed by atoms with E-state index >= 15 is 0 Å². The topological polar surface area (TPSA) is 55.6 Å². The van der Waals surface area contributed by atoms with Crippen molar-refractivity contribution in [3.63, 3.8) is 0 Å². The summed E-state index contributed by atoms with van der Waals surface area (Å²) in [5.74, 6) is 0.715. The SMILES string of the molecule is CNC(C)c1nnnn1-c1cc(Br)ccc1Cl. The Morgan fingerprint density at radius 3 is 2.94 bits per heavy atom. The highest BCUT2D eigenvalue weighted by molar-refractivity contribution is 9.10. The van der Waals surface area contributed by atoms with Gasteiger partial charge in [-0.05, 0) is 42.6 Å². The number of tetrazole rings is 1. The molecule has 1 atom stereocenters. The standard InChI is InChI=1S/C10H11BrClN5/c1-6(13-2)10-14-15-16-17(10)9-5-7(11)3-4-8(9)12/h3-6,13H,1-2H3. The average Bonchev–Trinajstić information content (AvgIpc) is 2.80. The molecule has 17 heavy (non-hydrogen) atoms. The lowest BCUT2D eigenvalue weighted by atomic mass is 10.3. The van der Waals surface area contributed by atoms with Crippen LogP contribution >= 0.6 is 27.5 Å². The molecule has 2 rings (SSSR count). The highest BCUT2D eigenvalue weighted by atomic mass is 79.9. The van der Waals surface area contributed by atoms with Gasteiger partial charge in [0.25, 0.3) is 0 Å². The van der Waals surface area contributed by atoms with Gasteiger partial charge in [0.15, 0.2) is 5.82 Å². The maximum Gasteiger partial charge on any atom is 0.173 e. The Morgan fingerprint density at radius 2 is 2.24 bits per heavy atom. The van der Waals surface area contributed by atoms with E-state index in [4.69, 9.17) is 11.6 Å². The minimum Gasteiger partial charge on any atom is -0.311 e. The molecule has 1 N–H and O–H groups in total. The third-order valence-electron chi connectivity index (χ3n) is 2.45. The Bertz CT molecular complexity index is 527. The number of hydrogen-bond acceptors (Lipinski definition) is 4. The number of halogens is 2. The molecule has 1 unspecified atom stereocenters. The molecule has 0 bridgehead atoms. The molecule has 7 heteroatoms. The van der Waals surface area contributed by atoms with Crippen LogP contribution in [0.2, 0.25) is 5.02 Å². The van der Waals surface area contributed by atoms with E-state index in [1.807, 2.05) is 26.1 Å². The first-order valence-electron chi connectivity index (χ1n) is 5.04. The molecule has 1 aromatic carbocycles. The van der Waals surface area contributed by atoms with Crippen LogP contribution in [0.1, 0.15) is 18.8 Å². The van der Waals surface area contributed by atoms with Gasteiger partial charge in [-0.3, -0.25) is 0 Å². The second kappa shape index (κ2) is 5.12. The lowest BCUT2D eigenvalue weighted by Gasteiger charge is -2.11. The van der Waals surface area contributed by atoms with Gasteiger partial charge in [0, 0.05) is 4.47 Å². The molecular weight excluding hydrogens is 306 g/mol. The summed E-state index contributed by atoms with van der Waals surface area (Å²) in [5, 5.41) is 15.3. The number of nitrogens with zero attached hydrogens (tertiary/aromatic N) is 4. The van der Waals surface area contributed by atoms with Crippen molar-refractivity contribution in [3.8, 4) is 5.69 Å². The Balaban J connectivity index is 2.53. The van der Waals surface area contributed by atoms with Crippen molar-refractivity contribution >= 4 is 27.5 Å². The number of rotatable bonds is 3. The van der Waals surface area contributed by atoms with Gasteiger partial charge < -0.3 is 5.32 Å². The zero-order chi connectivity index (χ0) is 12.4. The van der Waals surface area contributed by atoms with E-state index in [0.29, 0.717) is 10.8 Å². The first-order chi connectivity index (χ1) is 8.13. The van der Waals surface area contributed by atoms with Gasteiger partial charge in [0.05, 0.1) is 16.8 Å². The first kappa shape index (κ1) is 12.5. The Kier molecular flexibility index (Phi) is 3.76. The maximum absolute atomic E-state index is 6.15. The Hall–Kier alpha value is -0.980. The summed E-state index contributed by atoms with van der Waals surface area (Å²) in [7, 11) is 1.85. The van der Waals surface area contributed by atoms with Crippen molar-refractivity contribution in [1.29, 1.82) is 0 Å². The van der Waals surface area contributed by atoms with Crippen LogP contribution < -0.4 is 5.32 Å². The van der Waals surface area contributed by atoms with Gasteiger partial charge >= 0.3 is 0 Å². The highest BCUT2D eigenvalue weighted by Gasteiger charge is 2.16. The summed E-state index contributed by atoms with van der Waals surface area (Å²) in [6.45, 7) is 1.98. The molecule has 0 spiro atoms. The number of nitrogens with one attached hydrogen (secondary N) is 1. The normalized spacial score (nSPS) is 12.7. The molecule has 5 nitrogen and oxygen atoms in total. The molecule has 90 valence electrons. The monoisotopic (exact) mass is 315 g/mol. The molecule has 0 saturated carbocycles. The number of benzene rings is 1. The molecule has 0 aliphatic rings. The molecule has 0 amide bonds. The fraction of sp³-hybridized carbons (Fsp3) is 0.300. The van der Waals surface area contributed by atoms with Crippen LogP contribution in [0.5, 0.6) is 0 Å². The van der Waals surface area contributed by atoms with Gasteiger partial charge in [-0.1, -0.05) is 27.5 Å². The minimum absolute atomic E-state index is 0.0417. The lowest BCUT2D eigenvalue weighted by molar-refractivity contribution is 0.588. The minimum atomic E-state index is 0.0417. The van der Waals surface area contributed by atoms with Crippen molar-refractivity contribution in [2.45, 2.75) is 13.0 Å². The second-order valence-electron chi connectivity index (χ2n) is 3.55. The van der Waals surface area contributed by atoms with Crippen molar-refractivity contribution in [2.24, 2.45) is 0 Å². The van der Waals surface area contributed by atoms with E-state index in [-0.39, 0.29) is 6.04 Å². The summed E-state index contributed by atoms with van der Waals surface area (Å²) in [4.78, 5) is 0. The van der Waals surface area contributed by atoms with Gasteiger partial charge in [0.2, 0.25) is 0 Å². The Morgan fingerprint density at radius 1 is 1.47 bits per heavy atom. The van der Waals surface area contributed by atoms with Crippen LogP contribution in [-0.2, 0) is 0 Å². The molecule has 0 aliphatic heterocycles. The summed E-state index contributed by atoms with van der Waals surface area (Å²) in [5.41, 5.74) is 0.753. The van der Waals surface area contributed by atoms with E-state index < -0.39 is 0 Å². The zero-order valence-corrected chi connectivity index (χ0v) is 11.7. The van der Waals surface area contributed by atoms with Crippen molar-refractivity contribution in [2.75, 3.05) is 7.05 Å². The summed E-state index contributed by atoms with van der Waals surface area (Å²) < 4.78 is 2.56. The third-order valence-corrected chi connectivity index (χ3v) is 3.26. The Labute approximate surface area is 112 Å². The van der Waals surface area contributed by atoms with E-state index in [1.54, 1.807) is 10.7 Å². The summed E-state index contributed by atoms with van der Waals surface area (Å²) in [6.07, 6.45) is 0. The van der Waals surface area contributed by atoms with Gasteiger partial charge in [0.1, 0.15) is 0 Å². The molecule has 0 saturated heterocycles. The van der Waals surface area contributed by atoms with E-state index in [9.17, 15) is 0 Å². The molecular formula is C10H11BrClN5. The molecule has 0 radical (unpaired) electrons. The van der Waals surface area contributed by atoms with Crippen LogP contribution in [0, 0.1) is 0 Å². The van der Waals surface area contributed by atoms with Crippen LogP contribution in [-0.4, -0.2) is 27.3 Å². The van der Waals surface area contributed by atoms with Crippen molar-refractivity contribution in [3.05, 3.63) is 33.5 Å². The van der Waals surface area contributed by atoms with Crippen LogP contribution in [0.15, 0.2) is 22.7 Å². The van der Waals surface area contributed by atoms with Gasteiger partial charge in [-0.25, -0.2) is 0 Å². The van der Waals surface area contributed by atoms with Crippen LogP contribution in [0.25, 0.3) is 5.69 Å². The van der Waals surface area contributed by atoms with Crippen LogP contribution in [0.4, 0.5) is 0 Å². The molecule has 2 aromatic rings. The summed E-state index contributed by atoms with van der Waals surface area (Å²) >= 11 is 9.55.